The quantitative estimate of drug-likeness (QED) is 0.596. The number of thioether (sulfide) groups is 1. The zero-order valence-corrected chi connectivity index (χ0v) is 17.1. The molecule has 0 saturated carbocycles. The van der Waals surface area contributed by atoms with Crippen molar-refractivity contribution in [1.82, 2.24) is 10.4 Å². The van der Waals surface area contributed by atoms with E-state index in [4.69, 9.17) is 21.7 Å². The molecule has 1 N–H and O–H groups in total. The van der Waals surface area contributed by atoms with Crippen LogP contribution < -0.4 is 14.9 Å². The summed E-state index contributed by atoms with van der Waals surface area (Å²) in [5.41, 5.74) is 4.72. The Morgan fingerprint density at radius 2 is 1.86 bits per heavy atom. The molecular formula is C20H18N2O4S2. The Kier molecular flexibility index (Phi) is 6.01. The molecule has 1 saturated heterocycles. The van der Waals surface area contributed by atoms with Gasteiger partial charge in [-0.1, -0.05) is 41.6 Å². The number of benzene rings is 2. The molecule has 3 rings (SSSR count). The van der Waals surface area contributed by atoms with E-state index in [9.17, 15) is 9.59 Å². The van der Waals surface area contributed by atoms with Crippen LogP contribution in [-0.4, -0.2) is 35.4 Å². The molecule has 0 aromatic heterocycles. The fraction of sp³-hybridized carbons (Fsp3) is 0.150. The second-order valence-electron chi connectivity index (χ2n) is 5.91. The molecule has 1 fully saturated rings. The molecule has 144 valence electrons. The van der Waals surface area contributed by atoms with Crippen molar-refractivity contribution in [2.45, 2.75) is 6.92 Å². The first-order valence-corrected chi connectivity index (χ1v) is 9.53. The molecule has 0 spiro atoms. The topological polar surface area (TPSA) is 67.9 Å². The van der Waals surface area contributed by atoms with Gasteiger partial charge in [-0.2, -0.15) is 5.01 Å². The van der Waals surface area contributed by atoms with Crippen molar-refractivity contribution < 1.29 is 19.1 Å². The van der Waals surface area contributed by atoms with Gasteiger partial charge in [0.1, 0.15) is 0 Å². The van der Waals surface area contributed by atoms with Crippen molar-refractivity contribution in [1.29, 1.82) is 0 Å². The van der Waals surface area contributed by atoms with E-state index in [1.54, 1.807) is 43.5 Å². The van der Waals surface area contributed by atoms with Gasteiger partial charge in [0, 0.05) is 11.1 Å². The molecule has 2 aromatic carbocycles. The molecular weight excluding hydrogens is 396 g/mol. The number of hydrogen-bond donors (Lipinski definition) is 1. The fourth-order valence-electron chi connectivity index (χ4n) is 2.60. The van der Waals surface area contributed by atoms with Gasteiger partial charge in [-0.05, 0) is 43.4 Å². The number of aryl methyl sites for hydroxylation is 1. The van der Waals surface area contributed by atoms with E-state index in [1.165, 1.54) is 7.11 Å². The van der Waals surface area contributed by atoms with Crippen molar-refractivity contribution in [3.63, 3.8) is 0 Å². The maximum Gasteiger partial charge on any atom is 0.285 e. The molecule has 8 heteroatoms. The van der Waals surface area contributed by atoms with Crippen molar-refractivity contribution in [2.24, 2.45) is 0 Å². The van der Waals surface area contributed by atoms with Gasteiger partial charge in [0.2, 0.25) is 0 Å². The highest BCUT2D eigenvalue weighted by Gasteiger charge is 2.34. The largest absolute Gasteiger partial charge is 0.493 e. The first-order chi connectivity index (χ1) is 13.4. The maximum atomic E-state index is 12.8. The first-order valence-electron chi connectivity index (χ1n) is 8.31. The van der Waals surface area contributed by atoms with Crippen LogP contribution in [0.2, 0.25) is 0 Å². The van der Waals surface area contributed by atoms with Gasteiger partial charge in [0.15, 0.2) is 15.8 Å². The Morgan fingerprint density at radius 3 is 2.50 bits per heavy atom. The molecule has 2 amide bonds. The van der Waals surface area contributed by atoms with Gasteiger partial charge >= 0.3 is 0 Å². The Balaban J connectivity index is 1.83. The minimum Gasteiger partial charge on any atom is -0.493 e. The first kappa shape index (κ1) is 19.9. The number of ether oxygens (including phenoxy) is 2. The monoisotopic (exact) mass is 414 g/mol. The van der Waals surface area contributed by atoms with Crippen LogP contribution in [0.5, 0.6) is 11.5 Å². The summed E-state index contributed by atoms with van der Waals surface area (Å²) in [7, 11) is 3.07. The van der Waals surface area contributed by atoms with Gasteiger partial charge in [-0.15, -0.1) is 0 Å². The van der Waals surface area contributed by atoms with Gasteiger partial charge in [-0.25, -0.2) is 0 Å². The van der Waals surface area contributed by atoms with E-state index in [2.05, 4.69) is 5.43 Å². The molecule has 1 aliphatic rings. The minimum absolute atomic E-state index is 0.249. The predicted octanol–water partition coefficient (Wildman–Crippen LogP) is 3.56. The third-order valence-corrected chi connectivity index (χ3v) is 5.34. The van der Waals surface area contributed by atoms with Gasteiger partial charge in [0.25, 0.3) is 11.8 Å². The van der Waals surface area contributed by atoms with Gasteiger partial charge in [0.05, 0.1) is 19.1 Å². The third-order valence-electron chi connectivity index (χ3n) is 4.04. The van der Waals surface area contributed by atoms with Crippen LogP contribution in [0, 0.1) is 6.92 Å². The number of rotatable bonds is 5. The third kappa shape index (κ3) is 4.02. The molecule has 0 bridgehead atoms. The number of methoxy groups -OCH3 is 2. The Labute approximate surface area is 172 Å². The number of carbonyl (C=O) groups excluding carboxylic acids is 2. The van der Waals surface area contributed by atoms with E-state index in [1.807, 2.05) is 19.1 Å². The number of amides is 2. The summed E-state index contributed by atoms with van der Waals surface area (Å²) in [6.07, 6.45) is 1.67. The Hall–Kier alpha value is -2.84. The Bertz CT molecular complexity index is 971. The maximum absolute atomic E-state index is 12.8. The number of para-hydroxylation sites is 1. The summed E-state index contributed by atoms with van der Waals surface area (Å²) in [4.78, 5) is 25.6. The molecule has 0 aliphatic carbocycles. The van der Waals surface area contributed by atoms with E-state index in [0.717, 1.165) is 22.3 Å². The highest BCUT2D eigenvalue weighted by atomic mass is 32.2. The number of hydrazine groups is 1. The van der Waals surface area contributed by atoms with Crippen LogP contribution in [0.3, 0.4) is 0 Å². The van der Waals surface area contributed by atoms with Crippen molar-refractivity contribution in [2.75, 3.05) is 14.2 Å². The number of hydrogen-bond acceptors (Lipinski definition) is 6. The van der Waals surface area contributed by atoms with Crippen molar-refractivity contribution >= 4 is 46.2 Å². The zero-order valence-electron chi connectivity index (χ0n) is 15.5. The highest BCUT2D eigenvalue weighted by molar-refractivity contribution is 8.26. The summed E-state index contributed by atoms with van der Waals surface area (Å²) in [6, 6.07) is 12.4. The lowest BCUT2D eigenvalue weighted by atomic mass is 10.1. The molecule has 28 heavy (non-hydrogen) atoms. The lowest BCUT2D eigenvalue weighted by molar-refractivity contribution is -0.123. The molecule has 0 radical (unpaired) electrons. The normalized spacial score (nSPS) is 15.1. The standard InChI is InChI=1S/C20H18N2O4S2/c1-12-7-9-13(10-8-12)18(23)21-22-19(24)16(28-20(22)27)11-14-5-4-6-15(25-2)17(14)26-3/h4-11H,1-3H3,(H,21,23)/b16-11+. The SMILES string of the molecule is COc1cccc(/C=C2/SC(=S)N(NC(=O)c3ccc(C)cc3)C2=O)c1OC. The molecule has 1 heterocycles. The summed E-state index contributed by atoms with van der Waals surface area (Å²) in [5.74, 6) is 0.259. The summed E-state index contributed by atoms with van der Waals surface area (Å²) < 4.78 is 10.9. The smallest absolute Gasteiger partial charge is 0.285 e. The van der Waals surface area contributed by atoms with Crippen LogP contribution >= 0.6 is 24.0 Å². The number of nitrogens with zero attached hydrogens (tertiary/aromatic N) is 1. The van der Waals surface area contributed by atoms with Gasteiger partial charge < -0.3 is 9.47 Å². The van der Waals surface area contributed by atoms with E-state index < -0.39 is 11.8 Å². The van der Waals surface area contributed by atoms with Crippen LogP contribution in [-0.2, 0) is 4.79 Å². The summed E-state index contributed by atoms with van der Waals surface area (Å²) in [6.45, 7) is 1.93. The highest BCUT2D eigenvalue weighted by Crippen LogP contribution is 2.36. The Morgan fingerprint density at radius 1 is 1.14 bits per heavy atom. The lowest BCUT2D eigenvalue weighted by Crippen LogP contribution is -2.44. The average Bonchev–Trinajstić information content (AvgIpc) is 2.95. The fourth-order valence-corrected chi connectivity index (χ4v) is 3.77. The lowest BCUT2D eigenvalue weighted by Gasteiger charge is -2.15. The van der Waals surface area contributed by atoms with E-state index >= 15 is 0 Å². The molecule has 1 aliphatic heterocycles. The average molecular weight is 415 g/mol. The van der Waals surface area contributed by atoms with Crippen molar-refractivity contribution in [3.05, 3.63) is 64.1 Å². The summed E-state index contributed by atoms with van der Waals surface area (Å²) >= 11 is 6.37. The minimum atomic E-state index is -0.406. The number of nitrogens with one attached hydrogen (secondary N) is 1. The van der Waals surface area contributed by atoms with Crippen LogP contribution in [0.4, 0.5) is 0 Å². The van der Waals surface area contributed by atoms with E-state index in [0.29, 0.717) is 27.5 Å². The number of thiocarbonyl (C=S) groups is 1. The van der Waals surface area contributed by atoms with E-state index in [-0.39, 0.29) is 4.32 Å². The zero-order chi connectivity index (χ0) is 20.3. The second kappa shape index (κ2) is 8.45. The molecule has 6 nitrogen and oxygen atoms in total. The number of carbonyl (C=O) groups is 2. The predicted molar refractivity (Wildman–Crippen MR) is 113 cm³/mol. The molecule has 0 unspecified atom stereocenters. The van der Waals surface area contributed by atoms with Gasteiger partial charge in [-0.3, -0.25) is 15.0 Å². The van der Waals surface area contributed by atoms with Crippen molar-refractivity contribution in [3.8, 4) is 11.5 Å². The van der Waals surface area contributed by atoms with Crippen LogP contribution in [0.1, 0.15) is 21.5 Å². The summed E-state index contributed by atoms with van der Waals surface area (Å²) in [5, 5.41) is 1.08. The second-order valence-corrected chi connectivity index (χ2v) is 7.58. The van der Waals surface area contributed by atoms with Crippen LogP contribution in [0.25, 0.3) is 6.08 Å². The molecule has 0 atom stereocenters. The van der Waals surface area contributed by atoms with Crippen LogP contribution in [0.15, 0.2) is 47.4 Å². The molecule has 2 aromatic rings.